The van der Waals surface area contributed by atoms with E-state index in [4.69, 9.17) is 10.5 Å². The zero-order valence-corrected chi connectivity index (χ0v) is 13.1. The van der Waals surface area contributed by atoms with Gasteiger partial charge in [-0.2, -0.15) is 0 Å². The lowest BCUT2D eigenvalue weighted by atomic mass is 9.86. The average molecular weight is 276 g/mol. The zero-order chi connectivity index (χ0) is 14.6. The Hall–Kier alpha value is -1.25. The van der Waals surface area contributed by atoms with E-state index in [-0.39, 0.29) is 5.41 Å². The lowest BCUT2D eigenvalue weighted by Crippen LogP contribution is -2.17. The summed E-state index contributed by atoms with van der Waals surface area (Å²) in [5, 5.41) is 0. The second kappa shape index (κ2) is 6.47. The van der Waals surface area contributed by atoms with Gasteiger partial charge < -0.3 is 10.5 Å². The van der Waals surface area contributed by atoms with Gasteiger partial charge in [-0.05, 0) is 23.8 Å². The Labute approximate surface area is 122 Å². The fourth-order valence-electron chi connectivity index (χ4n) is 3.01. The Bertz CT molecular complexity index is 431. The maximum absolute atomic E-state index is 6.01. The van der Waals surface area contributed by atoms with Gasteiger partial charge in [0, 0.05) is 11.8 Å². The minimum atomic E-state index is 0.0250. The molecule has 20 heavy (non-hydrogen) atoms. The van der Waals surface area contributed by atoms with E-state index in [1.807, 2.05) is 6.07 Å². The van der Waals surface area contributed by atoms with Crippen molar-refractivity contribution >= 4 is 5.82 Å². The molecule has 1 aliphatic carbocycles. The van der Waals surface area contributed by atoms with Crippen molar-refractivity contribution in [1.82, 2.24) is 4.98 Å². The molecule has 0 unspecified atom stereocenters. The molecule has 112 valence electrons. The highest BCUT2D eigenvalue weighted by Crippen LogP contribution is 2.35. The van der Waals surface area contributed by atoms with Crippen LogP contribution in [-0.2, 0) is 5.41 Å². The van der Waals surface area contributed by atoms with Crippen molar-refractivity contribution in [2.75, 3.05) is 12.3 Å². The molecule has 3 nitrogen and oxygen atoms in total. The number of hydrogen-bond donors (Lipinski definition) is 1. The van der Waals surface area contributed by atoms with Gasteiger partial charge in [0.05, 0.1) is 6.61 Å². The lowest BCUT2D eigenvalue weighted by Gasteiger charge is -2.25. The molecule has 0 amide bonds. The Morgan fingerprint density at radius 2 is 1.95 bits per heavy atom. The molecule has 0 atom stereocenters. The third-order valence-corrected chi connectivity index (χ3v) is 4.24. The minimum Gasteiger partial charge on any atom is -0.489 e. The number of nitrogen functional groups attached to an aromatic ring is 1. The van der Waals surface area contributed by atoms with Crippen molar-refractivity contribution in [3.63, 3.8) is 0 Å². The molecule has 0 aliphatic heterocycles. The van der Waals surface area contributed by atoms with Crippen molar-refractivity contribution in [3.8, 4) is 5.75 Å². The highest BCUT2D eigenvalue weighted by molar-refractivity contribution is 5.53. The Morgan fingerprint density at radius 1 is 1.25 bits per heavy atom. The predicted molar refractivity (Wildman–Crippen MR) is 84.0 cm³/mol. The Morgan fingerprint density at radius 3 is 2.60 bits per heavy atom. The summed E-state index contributed by atoms with van der Waals surface area (Å²) in [5.41, 5.74) is 7.17. The number of pyridine rings is 1. The van der Waals surface area contributed by atoms with Crippen LogP contribution in [0.15, 0.2) is 12.3 Å². The van der Waals surface area contributed by atoms with Gasteiger partial charge in [-0.1, -0.05) is 52.9 Å². The SMILES string of the molecule is CC(C)(C)c1ccnc(N)c1OCCC1CCCCC1. The number of nitrogens with zero attached hydrogens (tertiary/aromatic N) is 1. The van der Waals surface area contributed by atoms with Crippen LogP contribution in [0.5, 0.6) is 5.75 Å². The summed E-state index contributed by atoms with van der Waals surface area (Å²) in [6, 6.07) is 2.02. The average Bonchev–Trinajstić information content (AvgIpc) is 2.40. The van der Waals surface area contributed by atoms with E-state index in [0.29, 0.717) is 5.82 Å². The van der Waals surface area contributed by atoms with Crippen LogP contribution in [-0.4, -0.2) is 11.6 Å². The predicted octanol–water partition coefficient (Wildman–Crippen LogP) is 4.31. The van der Waals surface area contributed by atoms with Gasteiger partial charge in [0.1, 0.15) is 0 Å². The molecular weight excluding hydrogens is 248 g/mol. The summed E-state index contributed by atoms with van der Waals surface area (Å²) in [4.78, 5) is 4.17. The van der Waals surface area contributed by atoms with E-state index >= 15 is 0 Å². The molecule has 1 aromatic rings. The number of anilines is 1. The molecule has 1 saturated carbocycles. The molecule has 1 heterocycles. The quantitative estimate of drug-likeness (QED) is 0.891. The molecule has 0 aromatic carbocycles. The molecule has 0 saturated heterocycles. The molecule has 2 rings (SSSR count). The van der Waals surface area contributed by atoms with Gasteiger partial charge >= 0.3 is 0 Å². The molecule has 1 fully saturated rings. The van der Waals surface area contributed by atoms with E-state index in [1.54, 1.807) is 6.20 Å². The van der Waals surface area contributed by atoms with E-state index in [0.717, 1.165) is 30.3 Å². The maximum atomic E-state index is 6.01. The van der Waals surface area contributed by atoms with E-state index in [9.17, 15) is 0 Å². The first-order valence-electron chi connectivity index (χ1n) is 7.86. The van der Waals surface area contributed by atoms with Crippen LogP contribution in [0, 0.1) is 5.92 Å². The topological polar surface area (TPSA) is 48.1 Å². The molecule has 0 spiro atoms. The Kier molecular flexibility index (Phi) is 4.90. The minimum absolute atomic E-state index is 0.0250. The maximum Gasteiger partial charge on any atom is 0.166 e. The molecule has 1 aliphatic rings. The monoisotopic (exact) mass is 276 g/mol. The van der Waals surface area contributed by atoms with Gasteiger partial charge in [0.25, 0.3) is 0 Å². The number of aromatic nitrogens is 1. The molecule has 2 N–H and O–H groups in total. The van der Waals surface area contributed by atoms with Gasteiger partial charge in [0.2, 0.25) is 0 Å². The zero-order valence-electron chi connectivity index (χ0n) is 13.1. The lowest BCUT2D eigenvalue weighted by molar-refractivity contribution is 0.243. The van der Waals surface area contributed by atoms with Crippen molar-refractivity contribution in [2.45, 2.75) is 64.7 Å². The number of hydrogen-bond acceptors (Lipinski definition) is 3. The highest BCUT2D eigenvalue weighted by Gasteiger charge is 2.21. The summed E-state index contributed by atoms with van der Waals surface area (Å²) in [6.07, 6.45) is 9.79. The normalized spacial score (nSPS) is 17.1. The summed E-state index contributed by atoms with van der Waals surface area (Å²) in [5.74, 6) is 2.14. The molecule has 0 radical (unpaired) electrons. The molecule has 0 bridgehead atoms. The Balaban J connectivity index is 1.98. The van der Waals surface area contributed by atoms with Gasteiger partial charge in [-0.25, -0.2) is 4.98 Å². The fourth-order valence-corrected chi connectivity index (χ4v) is 3.01. The number of ether oxygens (including phenoxy) is 1. The fraction of sp³-hybridized carbons (Fsp3) is 0.706. The van der Waals surface area contributed by atoms with E-state index in [2.05, 4.69) is 25.8 Å². The largest absolute Gasteiger partial charge is 0.489 e. The first-order chi connectivity index (χ1) is 9.48. The molecular formula is C17H28N2O. The third-order valence-electron chi connectivity index (χ3n) is 4.24. The smallest absolute Gasteiger partial charge is 0.166 e. The van der Waals surface area contributed by atoms with E-state index < -0.39 is 0 Å². The summed E-state index contributed by atoms with van der Waals surface area (Å²) in [6.45, 7) is 7.28. The second-order valence-electron chi connectivity index (χ2n) is 6.96. The third kappa shape index (κ3) is 3.87. The standard InChI is InChI=1S/C17H28N2O/c1-17(2,3)14-9-11-19-16(18)15(14)20-12-10-13-7-5-4-6-8-13/h9,11,13H,4-8,10,12H2,1-3H3,(H2,18,19). The van der Waals surface area contributed by atoms with Crippen LogP contribution in [0.25, 0.3) is 0 Å². The van der Waals surface area contributed by atoms with Crippen LogP contribution in [0.1, 0.15) is 64.9 Å². The highest BCUT2D eigenvalue weighted by atomic mass is 16.5. The second-order valence-corrected chi connectivity index (χ2v) is 6.96. The number of rotatable bonds is 4. The van der Waals surface area contributed by atoms with Crippen LogP contribution in [0.3, 0.4) is 0 Å². The van der Waals surface area contributed by atoms with Crippen LogP contribution in [0.4, 0.5) is 5.82 Å². The van der Waals surface area contributed by atoms with Crippen molar-refractivity contribution in [3.05, 3.63) is 17.8 Å². The van der Waals surface area contributed by atoms with E-state index in [1.165, 1.54) is 32.1 Å². The van der Waals surface area contributed by atoms with Gasteiger partial charge in [-0.15, -0.1) is 0 Å². The number of nitrogens with two attached hydrogens (primary N) is 1. The molecule has 1 aromatic heterocycles. The van der Waals surface area contributed by atoms with Crippen molar-refractivity contribution in [2.24, 2.45) is 5.92 Å². The van der Waals surface area contributed by atoms with Crippen LogP contribution >= 0.6 is 0 Å². The first-order valence-corrected chi connectivity index (χ1v) is 7.86. The summed E-state index contributed by atoms with van der Waals surface area (Å²) < 4.78 is 6.01. The summed E-state index contributed by atoms with van der Waals surface area (Å²) >= 11 is 0. The van der Waals surface area contributed by atoms with Crippen molar-refractivity contribution in [1.29, 1.82) is 0 Å². The van der Waals surface area contributed by atoms with Crippen LogP contribution in [0.2, 0.25) is 0 Å². The van der Waals surface area contributed by atoms with Crippen LogP contribution < -0.4 is 10.5 Å². The van der Waals surface area contributed by atoms with Gasteiger partial charge in [0.15, 0.2) is 11.6 Å². The van der Waals surface area contributed by atoms with Crippen molar-refractivity contribution < 1.29 is 4.74 Å². The van der Waals surface area contributed by atoms with Gasteiger partial charge in [-0.3, -0.25) is 0 Å². The summed E-state index contributed by atoms with van der Waals surface area (Å²) in [7, 11) is 0. The first kappa shape index (κ1) is 15.1. The molecule has 3 heteroatoms.